The van der Waals surface area contributed by atoms with E-state index in [4.69, 9.17) is 11.6 Å². The summed E-state index contributed by atoms with van der Waals surface area (Å²) in [5.41, 5.74) is 0.795. The van der Waals surface area contributed by atoms with Gasteiger partial charge in [0.05, 0.1) is 9.85 Å². The number of hydrogen-bond donors (Lipinski definition) is 0. The van der Waals surface area contributed by atoms with Gasteiger partial charge in [-0.05, 0) is 28.2 Å². The van der Waals surface area contributed by atoms with Crippen molar-refractivity contribution in [3.05, 3.63) is 21.3 Å². The minimum absolute atomic E-state index is 0.397. The van der Waals surface area contributed by atoms with Crippen LogP contribution in [0, 0.1) is 16.7 Å². The van der Waals surface area contributed by atoms with Crippen molar-refractivity contribution in [1.82, 2.24) is 0 Å². The lowest BCUT2D eigenvalue weighted by Crippen LogP contribution is -1.97. The lowest BCUT2D eigenvalue weighted by molar-refractivity contribution is 0.457. The van der Waals surface area contributed by atoms with E-state index in [1.54, 1.807) is 11.3 Å². The van der Waals surface area contributed by atoms with E-state index in [0.29, 0.717) is 21.6 Å². The molecule has 1 aromatic rings. The van der Waals surface area contributed by atoms with Gasteiger partial charge in [-0.1, -0.05) is 55.2 Å². The zero-order valence-electron chi connectivity index (χ0n) is 9.47. The molecule has 0 bridgehead atoms. The van der Waals surface area contributed by atoms with Gasteiger partial charge in [0.15, 0.2) is 0 Å². The summed E-state index contributed by atoms with van der Waals surface area (Å²) >= 11 is 11.7. The first kappa shape index (κ1) is 11.9. The zero-order chi connectivity index (χ0) is 11.4. The van der Waals surface area contributed by atoms with E-state index in [1.807, 2.05) is 6.07 Å². The van der Waals surface area contributed by atoms with E-state index < -0.39 is 0 Å². The van der Waals surface area contributed by atoms with Crippen molar-refractivity contribution < 1.29 is 0 Å². The molecule has 1 heterocycles. The topological polar surface area (TPSA) is 0 Å². The van der Waals surface area contributed by atoms with Crippen molar-refractivity contribution in [2.24, 2.45) is 16.7 Å². The van der Waals surface area contributed by atoms with E-state index >= 15 is 0 Å². The molecule has 0 aliphatic heterocycles. The van der Waals surface area contributed by atoms with E-state index in [0.717, 1.165) is 5.02 Å². The van der Waals surface area contributed by atoms with Gasteiger partial charge in [0.2, 0.25) is 0 Å². The minimum Gasteiger partial charge on any atom is -0.146 e. The highest BCUT2D eigenvalue weighted by Gasteiger charge is 2.67. The molecule has 0 radical (unpaired) electrons. The van der Waals surface area contributed by atoms with Crippen LogP contribution < -0.4 is 0 Å². The van der Waals surface area contributed by atoms with Crippen molar-refractivity contribution in [2.45, 2.75) is 32.5 Å². The molecule has 0 nitrogen and oxygen atoms in total. The van der Waals surface area contributed by atoms with Gasteiger partial charge in [-0.15, -0.1) is 11.3 Å². The molecule has 1 aromatic heterocycles. The number of rotatable bonds is 2. The van der Waals surface area contributed by atoms with Gasteiger partial charge >= 0.3 is 0 Å². The van der Waals surface area contributed by atoms with Gasteiger partial charge in [0, 0.05) is 4.88 Å². The predicted octanol–water partition coefficient (Wildman–Crippen LogP) is 5.52. The SMILES string of the molecule is CC1(C)C(C(Br)c2sccc2Cl)C1(C)C. The molecule has 15 heavy (non-hydrogen) atoms. The average Bonchev–Trinajstić information content (AvgIpc) is 2.48. The summed E-state index contributed by atoms with van der Waals surface area (Å²) in [5, 5.41) is 2.97. The quantitative estimate of drug-likeness (QED) is 0.631. The van der Waals surface area contributed by atoms with Gasteiger partial charge in [0.1, 0.15) is 0 Å². The van der Waals surface area contributed by atoms with Gasteiger partial charge in [-0.2, -0.15) is 0 Å². The van der Waals surface area contributed by atoms with Crippen LogP contribution in [0.25, 0.3) is 0 Å². The molecule has 0 amide bonds. The van der Waals surface area contributed by atoms with Gasteiger partial charge < -0.3 is 0 Å². The van der Waals surface area contributed by atoms with E-state index in [-0.39, 0.29) is 0 Å². The normalized spacial score (nSPS) is 25.2. The largest absolute Gasteiger partial charge is 0.146 e. The van der Waals surface area contributed by atoms with E-state index in [9.17, 15) is 0 Å². The second kappa shape index (κ2) is 3.48. The summed E-state index contributed by atoms with van der Waals surface area (Å²) in [4.78, 5) is 1.68. The summed E-state index contributed by atoms with van der Waals surface area (Å²) in [5.74, 6) is 0.668. The highest BCUT2D eigenvalue weighted by molar-refractivity contribution is 9.09. The van der Waals surface area contributed by atoms with Crippen LogP contribution in [0.3, 0.4) is 0 Å². The molecule has 0 aromatic carbocycles. The summed E-state index contributed by atoms with van der Waals surface area (Å²) in [6.45, 7) is 9.36. The standard InChI is InChI=1S/C12H16BrClS/c1-11(2)10(12(11,3)4)8(13)9-7(14)5-6-15-9/h5-6,8,10H,1-4H3. The second-order valence-electron chi connectivity index (χ2n) is 5.46. The van der Waals surface area contributed by atoms with Crippen LogP contribution in [0.2, 0.25) is 5.02 Å². The molecule has 1 saturated carbocycles. The van der Waals surface area contributed by atoms with Crippen molar-refractivity contribution in [3.8, 4) is 0 Å². The summed E-state index contributed by atoms with van der Waals surface area (Å²) in [7, 11) is 0. The van der Waals surface area contributed by atoms with Crippen LogP contribution in [0.5, 0.6) is 0 Å². The Kier molecular flexibility index (Phi) is 2.77. The fourth-order valence-corrected chi connectivity index (χ4v) is 5.84. The predicted molar refractivity (Wildman–Crippen MR) is 72.0 cm³/mol. The summed E-state index contributed by atoms with van der Waals surface area (Å²) in [6, 6.07) is 1.98. The first-order valence-electron chi connectivity index (χ1n) is 5.17. The number of thiophene rings is 1. The molecule has 1 atom stereocenters. The maximum atomic E-state index is 6.17. The van der Waals surface area contributed by atoms with Crippen LogP contribution in [0.15, 0.2) is 11.4 Å². The Bertz CT molecular complexity index is 367. The first-order valence-corrected chi connectivity index (χ1v) is 7.34. The summed E-state index contributed by atoms with van der Waals surface area (Å²) < 4.78 is 0. The zero-order valence-corrected chi connectivity index (χ0v) is 12.6. The third-order valence-electron chi connectivity index (χ3n) is 4.32. The van der Waals surface area contributed by atoms with Crippen molar-refractivity contribution in [1.29, 1.82) is 0 Å². The molecule has 0 spiro atoms. The van der Waals surface area contributed by atoms with Crippen molar-refractivity contribution in [3.63, 3.8) is 0 Å². The third kappa shape index (κ3) is 1.60. The third-order valence-corrected chi connectivity index (χ3v) is 7.05. The molecular weight excluding hydrogens is 292 g/mol. The fourth-order valence-electron chi connectivity index (χ4n) is 2.63. The molecule has 0 saturated heterocycles. The van der Waals surface area contributed by atoms with Crippen LogP contribution in [-0.4, -0.2) is 0 Å². The van der Waals surface area contributed by atoms with Crippen LogP contribution >= 0.6 is 38.9 Å². The lowest BCUT2D eigenvalue weighted by Gasteiger charge is -2.10. The lowest BCUT2D eigenvalue weighted by atomic mass is 10.0. The average molecular weight is 308 g/mol. The first-order chi connectivity index (χ1) is 6.80. The van der Waals surface area contributed by atoms with E-state index in [1.165, 1.54) is 4.88 Å². The van der Waals surface area contributed by atoms with Gasteiger partial charge in [-0.3, -0.25) is 0 Å². The van der Waals surface area contributed by atoms with Gasteiger partial charge in [0.25, 0.3) is 0 Å². The van der Waals surface area contributed by atoms with E-state index in [2.05, 4.69) is 49.0 Å². The summed E-state index contributed by atoms with van der Waals surface area (Å²) in [6.07, 6.45) is 0. The highest BCUT2D eigenvalue weighted by atomic mass is 79.9. The number of hydrogen-bond acceptors (Lipinski definition) is 1. The van der Waals surface area contributed by atoms with Crippen LogP contribution in [-0.2, 0) is 0 Å². The molecule has 84 valence electrons. The number of halogens is 2. The molecule has 3 heteroatoms. The Hall–Kier alpha value is 0.470. The van der Waals surface area contributed by atoms with Crippen molar-refractivity contribution in [2.75, 3.05) is 0 Å². The molecule has 1 fully saturated rings. The molecule has 1 unspecified atom stereocenters. The Labute approximate surface area is 109 Å². The Morgan fingerprint density at radius 3 is 2.20 bits per heavy atom. The maximum absolute atomic E-state index is 6.17. The Balaban J connectivity index is 2.26. The molecule has 1 aliphatic rings. The van der Waals surface area contributed by atoms with Crippen LogP contribution in [0.4, 0.5) is 0 Å². The van der Waals surface area contributed by atoms with Gasteiger partial charge in [-0.25, -0.2) is 0 Å². The number of alkyl halides is 1. The van der Waals surface area contributed by atoms with Crippen LogP contribution in [0.1, 0.15) is 37.4 Å². The minimum atomic E-state index is 0.397. The molecular formula is C12H16BrClS. The Morgan fingerprint density at radius 1 is 1.33 bits per heavy atom. The van der Waals surface area contributed by atoms with Crippen molar-refractivity contribution >= 4 is 38.9 Å². The second-order valence-corrected chi connectivity index (χ2v) is 7.80. The molecule has 1 aliphatic carbocycles. The monoisotopic (exact) mass is 306 g/mol. The highest BCUT2D eigenvalue weighted by Crippen LogP contribution is 2.74. The molecule has 0 N–H and O–H groups in total. The smallest absolute Gasteiger partial charge is 0.0556 e. The fraction of sp³-hybridized carbons (Fsp3) is 0.667. The maximum Gasteiger partial charge on any atom is 0.0556 e. The Morgan fingerprint density at radius 2 is 1.87 bits per heavy atom. The molecule has 2 rings (SSSR count).